The zero-order chi connectivity index (χ0) is 22.7. The number of nitrogens with one attached hydrogen (secondary N) is 1. The molecular formula is C25H31N7O. The van der Waals surface area contributed by atoms with E-state index in [1.807, 2.05) is 33.8 Å². The first-order valence-electron chi connectivity index (χ1n) is 12.0. The van der Waals surface area contributed by atoms with E-state index >= 15 is 0 Å². The first-order valence-corrected chi connectivity index (χ1v) is 12.0. The van der Waals surface area contributed by atoms with E-state index in [-0.39, 0.29) is 17.4 Å². The number of aromatic nitrogens is 2. The molecule has 0 radical (unpaired) electrons. The maximum Gasteiger partial charge on any atom is 0.320 e. The molecule has 0 unspecified atom stereocenters. The van der Waals surface area contributed by atoms with Gasteiger partial charge in [0.05, 0.1) is 12.0 Å². The van der Waals surface area contributed by atoms with Crippen LogP contribution in [-0.2, 0) is 0 Å². The highest BCUT2D eigenvalue weighted by molar-refractivity contribution is 5.98. The monoisotopic (exact) mass is 445 g/mol. The zero-order valence-electron chi connectivity index (χ0n) is 19.1. The van der Waals surface area contributed by atoms with Gasteiger partial charge in [0, 0.05) is 61.2 Å². The van der Waals surface area contributed by atoms with Gasteiger partial charge in [-0.05, 0) is 50.3 Å². The van der Waals surface area contributed by atoms with Crippen LogP contribution in [0.4, 0.5) is 4.79 Å². The van der Waals surface area contributed by atoms with Crippen LogP contribution in [0.1, 0.15) is 42.9 Å². The number of amidine groups is 2. The Hall–Kier alpha value is -3.16. The number of imidazole rings is 1. The van der Waals surface area contributed by atoms with Crippen molar-refractivity contribution in [3.05, 3.63) is 48.0 Å². The summed E-state index contributed by atoms with van der Waals surface area (Å²) in [6.45, 7) is 5.22. The maximum atomic E-state index is 12.9. The van der Waals surface area contributed by atoms with Crippen LogP contribution in [0, 0.1) is 29.6 Å². The predicted octanol–water partition coefficient (Wildman–Crippen LogP) is 3.16. The largest absolute Gasteiger partial charge is 0.387 e. The van der Waals surface area contributed by atoms with Crippen molar-refractivity contribution in [1.82, 2.24) is 19.4 Å². The summed E-state index contributed by atoms with van der Waals surface area (Å²) in [6, 6.07) is 8.74. The molecule has 33 heavy (non-hydrogen) atoms. The number of benzene rings is 1. The van der Waals surface area contributed by atoms with Crippen molar-refractivity contribution in [2.45, 2.75) is 38.5 Å². The molecule has 8 nitrogen and oxygen atoms in total. The summed E-state index contributed by atoms with van der Waals surface area (Å²) < 4.78 is 2.02. The van der Waals surface area contributed by atoms with Crippen molar-refractivity contribution in [2.24, 2.45) is 28.0 Å². The van der Waals surface area contributed by atoms with Crippen molar-refractivity contribution >= 4 is 17.7 Å². The number of nitrogens with two attached hydrogens (primary N) is 1. The molecular weight excluding hydrogens is 414 g/mol. The second kappa shape index (κ2) is 7.43. The average molecular weight is 446 g/mol. The van der Waals surface area contributed by atoms with Crippen LogP contribution in [0.2, 0.25) is 0 Å². The van der Waals surface area contributed by atoms with E-state index in [0.29, 0.717) is 23.5 Å². The first-order chi connectivity index (χ1) is 15.9. The van der Waals surface area contributed by atoms with Crippen LogP contribution in [0.25, 0.3) is 5.69 Å². The van der Waals surface area contributed by atoms with Crippen LogP contribution in [-0.4, -0.2) is 63.2 Å². The molecule has 3 N–H and O–H groups in total. The van der Waals surface area contributed by atoms with Gasteiger partial charge in [-0.3, -0.25) is 5.41 Å². The van der Waals surface area contributed by atoms with Gasteiger partial charge >= 0.3 is 6.03 Å². The van der Waals surface area contributed by atoms with Crippen LogP contribution in [0.5, 0.6) is 0 Å². The summed E-state index contributed by atoms with van der Waals surface area (Å²) in [5.41, 5.74) is 9.77. The highest BCUT2D eigenvalue weighted by Crippen LogP contribution is 2.52. The number of aryl methyl sites for hydroxylation is 1. The molecule has 2 aromatic rings. The van der Waals surface area contributed by atoms with E-state index < -0.39 is 0 Å². The SMILES string of the molecule is Cc1cn(-c2ccc(C3CN(C(=O)N4CC5(CC(C(N)=NC(=N)C6CC6)C5)C4)C3)cc2)cn1. The molecule has 2 amide bonds. The van der Waals surface area contributed by atoms with Crippen LogP contribution in [0.15, 0.2) is 41.8 Å². The zero-order valence-corrected chi connectivity index (χ0v) is 19.1. The summed E-state index contributed by atoms with van der Waals surface area (Å²) in [4.78, 5) is 25.4. The number of rotatable bonds is 4. The normalized spacial score (nSPS) is 22.6. The molecule has 2 aliphatic heterocycles. The number of carbonyl (C=O) groups is 1. The number of amides is 2. The highest BCUT2D eigenvalue weighted by atomic mass is 16.2. The summed E-state index contributed by atoms with van der Waals surface area (Å²) >= 11 is 0. The van der Waals surface area contributed by atoms with Gasteiger partial charge < -0.3 is 20.1 Å². The second-order valence-corrected chi connectivity index (χ2v) is 10.6. The molecule has 8 heteroatoms. The summed E-state index contributed by atoms with van der Waals surface area (Å²) in [5, 5.41) is 7.95. The molecule has 0 bridgehead atoms. The minimum absolute atomic E-state index is 0.169. The van der Waals surface area contributed by atoms with Gasteiger partial charge in [0.15, 0.2) is 0 Å². The van der Waals surface area contributed by atoms with E-state index in [9.17, 15) is 4.79 Å². The van der Waals surface area contributed by atoms with Crippen molar-refractivity contribution in [3.63, 3.8) is 0 Å². The van der Waals surface area contributed by atoms with E-state index in [1.54, 1.807) is 0 Å². The second-order valence-electron chi connectivity index (χ2n) is 10.6. The van der Waals surface area contributed by atoms with Crippen molar-refractivity contribution in [2.75, 3.05) is 26.2 Å². The first kappa shape index (κ1) is 20.4. The maximum absolute atomic E-state index is 12.9. The van der Waals surface area contributed by atoms with Gasteiger partial charge in [-0.15, -0.1) is 0 Å². The van der Waals surface area contributed by atoms with Crippen molar-refractivity contribution in [1.29, 1.82) is 5.41 Å². The molecule has 1 aromatic heterocycles. The topological polar surface area (TPSA) is 104 Å². The lowest BCUT2D eigenvalue weighted by Gasteiger charge is -2.60. The van der Waals surface area contributed by atoms with Crippen LogP contribution in [0.3, 0.4) is 0 Å². The van der Waals surface area contributed by atoms with Crippen molar-refractivity contribution in [3.8, 4) is 5.69 Å². The Labute approximate surface area is 194 Å². The summed E-state index contributed by atoms with van der Waals surface area (Å²) in [5.74, 6) is 2.12. The lowest BCUT2D eigenvalue weighted by atomic mass is 9.57. The summed E-state index contributed by atoms with van der Waals surface area (Å²) in [7, 11) is 0. The Morgan fingerprint density at radius 1 is 1.12 bits per heavy atom. The fourth-order valence-corrected chi connectivity index (χ4v) is 5.56. The van der Waals surface area contributed by atoms with E-state index in [2.05, 4.69) is 34.2 Å². The van der Waals surface area contributed by atoms with Gasteiger partial charge in [-0.1, -0.05) is 12.1 Å². The number of carbonyl (C=O) groups excluding carboxylic acids is 1. The molecule has 1 spiro atoms. The quantitative estimate of drug-likeness (QED) is 0.558. The standard InChI is InChI=1S/C25H31N7O/c1-16-10-31(15-28-16)21-6-4-17(5-7-21)20-11-30(12-20)24(33)32-13-25(14-32)8-19(9-25)23(27)29-22(26)18-2-3-18/h4-7,10,15,18-20H,2-3,8-9,11-14H2,1H3,(H3,26,27,29). The Morgan fingerprint density at radius 2 is 1.82 bits per heavy atom. The lowest BCUT2D eigenvalue weighted by Crippen LogP contribution is -2.68. The number of likely N-dealkylation sites (tertiary alicyclic amines) is 2. The molecule has 3 heterocycles. The number of aliphatic imine (C=N–C) groups is 1. The number of hydrogen-bond donors (Lipinski definition) is 2. The average Bonchev–Trinajstić information content (AvgIpc) is 3.46. The molecule has 2 aliphatic carbocycles. The van der Waals surface area contributed by atoms with Crippen molar-refractivity contribution < 1.29 is 4.79 Å². The third kappa shape index (κ3) is 3.71. The number of hydrogen-bond acceptors (Lipinski definition) is 3. The Bertz CT molecular complexity index is 1110. The molecule has 6 rings (SSSR count). The number of nitrogens with zero attached hydrogens (tertiary/aromatic N) is 5. The van der Waals surface area contributed by atoms with E-state index in [1.165, 1.54) is 5.56 Å². The minimum Gasteiger partial charge on any atom is -0.387 e. The third-order valence-electron chi connectivity index (χ3n) is 7.84. The van der Waals surface area contributed by atoms with Gasteiger partial charge in [-0.2, -0.15) is 0 Å². The molecule has 2 saturated heterocycles. The van der Waals surface area contributed by atoms with Gasteiger partial charge in [0.25, 0.3) is 0 Å². The van der Waals surface area contributed by atoms with Gasteiger partial charge in [0.2, 0.25) is 0 Å². The molecule has 4 fully saturated rings. The molecule has 2 saturated carbocycles. The Kier molecular flexibility index (Phi) is 4.61. The molecule has 1 aromatic carbocycles. The van der Waals surface area contributed by atoms with Crippen LogP contribution < -0.4 is 5.73 Å². The van der Waals surface area contributed by atoms with Gasteiger partial charge in [0.1, 0.15) is 11.7 Å². The highest BCUT2D eigenvalue weighted by Gasteiger charge is 2.55. The molecule has 4 aliphatic rings. The predicted molar refractivity (Wildman–Crippen MR) is 127 cm³/mol. The lowest BCUT2D eigenvalue weighted by molar-refractivity contribution is -0.0623. The minimum atomic E-state index is 0.169. The number of urea groups is 1. The summed E-state index contributed by atoms with van der Waals surface area (Å²) in [6.07, 6.45) is 8.00. The third-order valence-corrected chi connectivity index (χ3v) is 7.84. The van der Waals surface area contributed by atoms with E-state index in [0.717, 1.165) is 63.2 Å². The molecule has 0 atom stereocenters. The van der Waals surface area contributed by atoms with E-state index in [4.69, 9.17) is 11.1 Å². The van der Waals surface area contributed by atoms with Crippen LogP contribution >= 0.6 is 0 Å². The van der Waals surface area contributed by atoms with Gasteiger partial charge in [-0.25, -0.2) is 14.8 Å². The Balaban J connectivity index is 0.963. The molecule has 172 valence electrons. The fraction of sp³-hybridized carbons (Fsp3) is 0.520. The Morgan fingerprint density at radius 3 is 2.42 bits per heavy atom. The smallest absolute Gasteiger partial charge is 0.320 e. The fourth-order valence-electron chi connectivity index (χ4n) is 5.56.